The van der Waals surface area contributed by atoms with Crippen molar-refractivity contribution in [3.8, 4) is 5.75 Å². The van der Waals surface area contributed by atoms with Gasteiger partial charge >= 0.3 is 0 Å². The first-order chi connectivity index (χ1) is 6.99. The standard InChI is InChI=1S/C11H17NO3/c1-7(12)4-8-2-3-10(13)9(5-8)6-11(14)15/h2-3,5,7,11,13-15H,4,6,12H2,1H3. The molecule has 0 fully saturated rings. The molecule has 5 N–H and O–H groups in total. The summed E-state index contributed by atoms with van der Waals surface area (Å²) in [6.07, 6.45) is -0.714. The lowest BCUT2D eigenvalue weighted by atomic mass is 10.0. The zero-order valence-corrected chi connectivity index (χ0v) is 8.72. The molecule has 4 nitrogen and oxygen atoms in total. The minimum atomic E-state index is -1.44. The fourth-order valence-electron chi connectivity index (χ4n) is 1.50. The van der Waals surface area contributed by atoms with Crippen LogP contribution >= 0.6 is 0 Å². The smallest absolute Gasteiger partial charge is 0.155 e. The Balaban J connectivity index is 2.85. The van der Waals surface area contributed by atoms with E-state index >= 15 is 0 Å². The molecule has 15 heavy (non-hydrogen) atoms. The largest absolute Gasteiger partial charge is 0.508 e. The Labute approximate surface area is 89.0 Å². The Morgan fingerprint density at radius 2 is 1.93 bits per heavy atom. The highest BCUT2D eigenvalue weighted by molar-refractivity contribution is 5.36. The first-order valence-corrected chi connectivity index (χ1v) is 4.91. The van der Waals surface area contributed by atoms with E-state index in [1.807, 2.05) is 6.92 Å². The van der Waals surface area contributed by atoms with Gasteiger partial charge in [-0.15, -0.1) is 0 Å². The monoisotopic (exact) mass is 211 g/mol. The molecule has 1 aromatic rings. The fraction of sp³-hybridized carbons (Fsp3) is 0.455. The van der Waals surface area contributed by atoms with Crippen LogP contribution in [0.15, 0.2) is 18.2 Å². The third-order valence-corrected chi connectivity index (χ3v) is 2.10. The highest BCUT2D eigenvalue weighted by Crippen LogP contribution is 2.20. The molecule has 1 unspecified atom stereocenters. The lowest BCUT2D eigenvalue weighted by Crippen LogP contribution is -2.18. The number of hydrogen-bond acceptors (Lipinski definition) is 4. The van der Waals surface area contributed by atoms with E-state index in [0.717, 1.165) is 5.56 Å². The van der Waals surface area contributed by atoms with Crippen molar-refractivity contribution in [3.05, 3.63) is 29.3 Å². The molecule has 1 aromatic carbocycles. The SMILES string of the molecule is CC(N)Cc1ccc(O)c(CC(O)O)c1. The lowest BCUT2D eigenvalue weighted by molar-refractivity contribution is -0.0385. The van der Waals surface area contributed by atoms with E-state index in [4.69, 9.17) is 15.9 Å². The van der Waals surface area contributed by atoms with E-state index in [1.165, 1.54) is 0 Å². The molecule has 0 saturated heterocycles. The second-order valence-corrected chi connectivity index (χ2v) is 3.83. The van der Waals surface area contributed by atoms with Gasteiger partial charge in [-0.05, 0) is 30.5 Å². The van der Waals surface area contributed by atoms with Crippen LogP contribution in [0.5, 0.6) is 5.75 Å². The van der Waals surface area contributed by atoms with Crippen LogP contribution in [0.1, 0.15) is 18.1 Å². The Morgan fingerprint density at radius 3 is 2.47 bits per heavy atom. The molecule has 0 aliphatic rings. The van der Waals surface area contributed by atoms with Gasteiger partial charge in [-0.25, -0.2) is 0 Å². The van der Waals surface area contributed by atoms with Crippen LogP contribution in [0.4, 0.5) is 0 Å². The molecular formula is C11H17NO3. The van der Waals surface area contributed by atoms with E-state index < -0.39 is 6.29 Å². The van der Waals surface area contributed by atoms with Gasteiger partial charge in [0.1, 0.15) is 5.75 Å². The number of rotatable bonds is 4. The van der Waals surface area contributed by atoms with Crippen molar-refractivity contribution in [2.45, 2.75) is 32.1 Å². The van der Waals surface area contributed by atoms with Gasteiger partial charge in [-0.2, -0.15) is 0 Å². The number of aromatic hydroxyl groups is 1. The average Bonchev–Trinajstić information content (AvgIpc) is 2.09. The molecular weight excluding hydrogens is 194 g/mol. The fourth-order valence-corrected chi connectivity index (χ4v) is 1.50. The van der Waals surface area contributed by atoms with Gasteiger partial charge in [-0.3, -0.25) is 0 Å². The van der Waals surface area contributed by atoms with Crippen molar-refractivity contribution in [1.29, 1.82) is 0 Å². The molecule has 0 amide bonds. The third kappa shape index (κ3) is 3.87. The van der Waals surface area contributed by atoms with Crippen LogP contribution in [0.25, 0.3) is 0 Å². The van der Waals surface area contributed by atoms with Gasteiger partial charge in [0.05, 0.1) is 0 Å². The van der Waals surface area contributed by atoms with Crippen LogP contribution in [0, 0.1) is 0 Å². The van der Waals surface area contributed by atoms with Crippen LogP contribution in [-0.4, -0.2) is 27.7 Å². The number of benzene rings is 1. The zero-order chi connectivity index (χ0) is 11.4. The van der Waals surface area contributed by atoms with Gasteiger partial charge in [0.25, 0.3) is 0 Å². The maximum Gasteiger partial charge on any atom is 0.155 e. The Bertz CT molecular complexity index is 324. The first-order valence-electron chi connectivity index (χ1n) is 4.91. The molecule has 0 spiro atoms. The summed E-state index contributed by atoms with van der Waals surface area (Å²) in [5.41, 5.74) is 7.17. The molecule has 0 bridgehead atoms. The van der Waals surface area contributed by atoms with E-state index in [-0.39, 0.29) is 18.2 Å². The predicted octanol–water partition coefficient (Wildman–Crippen LogP) is 0.135. The molecule has 0 saturated carbocycles. The number of phenolic OH excluding ortho intramolecular Hbond substituents is 1. The summed E-state index contributed by atoms with van der Waals surface area (Å²) in [6.45, 7) is 1.90. The summed E-state index contributed by atoms with van der Waals surface area (Å²) in [7, 11) is 0. The Kier molecular flexibility index (Phi) is 4.08. The summed E-state index contributed by atoms with van der Waals surface area (Å²) in [6, 6.07) is 5.13. The van der Waals surface area contributed by atoms with Crippen molar-refractivity contribution in [2.75, 3.05) is 0 Å². The highest BCUT2D eigenvalue weighted by Gasteiger charge is 2.07. The van der Waals surface area contributed by atoms with Crippen LogP contribution in [-0.2, 0) is 12.8 Å². The summed E-state index contributed by atoms with van der Waals surface area (Å²) < 4.78 is 0. The van der Waals surface area contributed by atoms with E-state index in [1.54, 1.807) is 18.2 Å². The zero-order valence-electron chi connectivity index (χ0n) is 8.72. The van der Waals surface area contributed by atoms with E-state index in [9.17, 15) is 5.11 Å². The topological polar surface area (TPSA) is 86.7 Å². The third-order valence-electron chi connectivity index (χ3n) is 2.10. The van der Waals surface area contributed by atoms with Crippen LogP contribution in [0.3, 0.4) is 0 Å². The quantitative estimate of drug-likeness (QED) is 0.533. The molecule has 4 heteroatoms. The second kappa shape index (κ2) is 5.11. The molecule has 1 rings (SSSR count). The van der Waals surface area contributed by atoms with Crippen molar-refractivity contribution < 1.29 is 15.3 Å². The summed E-state index contributed by atoms with van der Waals surface area (Å²) in [4.78, 5) is 0. The summed E-state index contributed by atoms with van der Waals surface area (Å²) >= 11 is 0. The molecule has 0 aromatic heterocycles. The predicted molar refractivity (Wildman–Crippen MR) is 57.4 cm³/mol. The second-order valence-electron chi connectivity index (χ2n) is 3.83. The molecule has 0 heterocycles. The van der Waals surface area contributed by atoms with E-state index in [0.29, 0.717) is 12.0 Å². The van der Waals surface area contributed by atoms with Crippen molar-refractivity contribution in [2.24, 2.45) is 5.73 Å². The van der Waals surface area contributed by atoms with Gasteiger partial charge in [0.2, 0.25) is 0 Å². The maximum atomic E-state index is 9.46. The van der Waals surface area contributed by atoms with Gasteiger partial charge in [0.15, 0.2) is 6.29 Å². The number of nitrogens with two attached hydrogens (primary N) is 1. The molecule has 84 valence electrons. The van der Waals surface area contributed by atoms with Crippen molar-refractivity contribution in [1.82, 2.24) is 0 Å². The Hall–Kier alpha value is -1.10. The number of hydrogen-bond donors (Lipinski definition) is 4. The van der Waals surface area contributed by atoms with Gasteiger partial charge < -0.3 is 21.1 Å². The van der Waals surface area contributed by atoms with E-state index in [2.05, 4.69) is 0 Å². The van der Waals surface area contributed by atoms with Crippen molar-refractivity contribution in [3.63, 3.8) is 0 Å². The minimum absolute atomic E-state index is 0.0264. The summed E-state index contributed by atoms with van der Waals surface area (Å²) in [5.74, 6) is 0.0801. The summed E-state index contributed by atoms with van der Waals surface area (Å²) in [5, 5.41) is 27.1. The minimum Gasteiger partial charge on any atom is -0.508 e. The lowest BCUT2D eigenvalue weighted by Gasteiger charge is -2.10. The maximum absolute atomic E-state index is 9.46. The van der Waals surface area contributed by atoms with Gasteiger partial charge in [0, 0.05) is 12.5 Å². The van der Waals surface area contributed by atoms with Crippen LogP contribution < -0.4 is 5.73 Å². The molecule has 0 aliphatic heterocycles. The number of aliphatic hydroxyl groups excluding tert-OH is 1. The average molecular weight is 211 g/mol. The number of phenols is 1. The van der Waals surface area contributed by atoms with Crippen molar-refractivity contribution >= 4 is 0 Å². The van der Waals surface area contributed by atoms with Crippen LogP contribution in [0.2, 0.25) is 0 Å². The molecule has 0 radical (unpaired) electrons. The first kappa shape index (κ1) is 12.0. The van der Waals surface area contributed by atoms with Gasteiger partial charge in [-0.1, -0.05) is 12.1 Å². The molecule has 1 atom stereocenters. The highest BCUT2D eigenvalue weighted by atomic mass is 16.5. The number of aliphatic hydroxyl groups is 2. The normalized spacial score (nSPS) is 13.1. The Morgan fingerprint density at radius 1 is 1.27 bits per heavy atom. The molecule has 0 aliphatic carbocycles.